The number of nitrogens with zero attached hydrogens (tertiary/aromatic N) is 5. The standard InChI is InChI=1S/C25H21F3N6O2/c1-15-13-20(35)21(32-34(15)17-8-6-7-16(14-17)25(26,27)28)24(36)31-22-23(33-11-4-5-12-33)30-19-10-3-2-9-18(19)29-22/h2-3,6-10,13-14H,4-5,11-12H2,1H3,(H,29,31,36). The maximum absolute atomic E-state index is 13.2. The number of para-hydroxylation sites is 2. The van der Waals surface area contributed by atoms with Crippen molar-refractivity contribution in [3.8, 4) is 5.69 Å². The number of hydrogen-bond acceptors (Lipinski definition) is 6. The van der Waals surface area contributed by atoms with Crippen LogP contribution in [0.15, 0.2) is 59.4 Å². The molecule has 3 heterocycles. The predicted molar refractivity (Wildman–Crippen MR) is 129 cm³/mol. The van der Waals surface area contributed by atoms with Crippen LogP contribution in [0.5, 0.6) is 0 Å². The Morgan fingerprint density at radius 1 is 0.972 bits per heavy atom. The van der Waals surface area contributed by atoms with Gasteiger partial charge in [-0.15, -0.1) is 0 Å². The van der Waals surface area contributed by atoms with Crippen molar-refractivity contribution in [3.63, 3.8) is 0 Å². The van der Waals surface area contributed by atoms with Gasteiger partial charge in [-0.3, -0.25) is 9.59 Å². The molecule has 0 unspecified atom stereocenters. The summed E-state index contributed by atoms with van der Waals surface area (Å²) in [5, 5.41) is 6.77. The maximum atomic E-state index is 13.2. The van der Waals surface area contributed by atoms with Crippen molar-refractivity contribution in [2.24, 2.45) is 0 Å². The Kier molecular flexibility index (Phi) is 5.91. The largest absolute Gasteiger partial charge is 0.416 e. The lowest BCUT2D eigenvalue weighted by Gasteiger charge is -2.20. The lowest BCUT2D eigenvalue weighted by molar-refractivity contribution is -0.137. The van der Waals surface area contributed by atoms with Crippen LogP contribution in [0.1, 0.15) is 34.6 Å². The highest BCUT2D eigenvalue weighted by atomic mass is 19.4. The van der Waals surface area contributed by atoms with Crippen LogP contribution in [0.3, 0.4) is 0 Å². The monoisotopic (exact) mass is 494 g/mol. The first-order chi connectivity index (χ1) is 17.2. The van der Waals surface area contributed by atoms with E-state index in [1.807, 2.05) is 17.0 Å². The van der Waals surface area contributed by atoms with E-state index < -0.39 is 28.8 Å². The average molecular weight is 494 g/mol. The molecule has 1 N–H and O–H groups in total. The Hall–Kier alpha value is -4.28. The van der Waals surface area contributed by atoms with Gasteiger partial charge in [-0.2, -0.15) is 18.3 Å². The van der Waals surface area contributed by atoms with E-state index in [2.05, 4.69) is 20.4 Å². The fourth-order valence-corrected chi connectivity index (χ4v) is 4.17. The Labute approximate surface area is 203 Å². The van der Waals surface area contributed by atoms with Gasteiger partial charge in [0.15, 0.2) is 17.3 Å². The summed E-state index contributed by atoms with van der Waals surface area (Å²) in [7, 11) is 0. The van der Waals surface area contributed by atoms with Gasteiger partial charge in [-0.25, -0.2) is 14.6 Å². The maximum Gasteiger partial charge on any atom is 0.416 e. The summed E-state index contributed by atoms with van der Waals surface area (Å²) < 4.78 is 40.8. The molecule has 2 aromatic carbocycles. The van der Waals surface area contributed by atoms with Crippen LogP contribution in [-0.4, -0.2) is 38.7 Å². The second kappa shape index (κ2) is 9.06. The summed E-state index contributed by atoms with van der Waals surface area (Å²) in [5.74, 6) is -0.149. The Balaban J connectivity index is 1.54. The summed E-state index contributed by atoms with van der Waals surface area (Å²) >= 11 is 0. The minimum Gasteiger partial charge on any atom is -0.354 e. The lowest BCUT2D eigenvalue weighted by Crippen LogP contribution is -2.29. The van der Waals surface area contributed by atoms with Gasteiger partial charge < -0.3 is 10.2 Å². The number of alkyl halides is 3. The predicted octanol–water partition coefficient (Wildman–Crippen LogP) is 4.36. The highest BCUT2D eigenvalue weighted by Crippen LogP contribution is 2.31. The van der Waals surface area contributed by atoms with Crippen LogP contribution in [0, 0.1) is 6.92 Å². The molecule has 1 aliphatic heterocycles. The number of fused-ring (bicyclic) bond motifs is 1. The van der Waals surface area contributed by atoms with Crippen LogP contribution in [0.2, 0.25) is 0 Å². The molecule has 11 heteroatoms. The van der Waals surface area contributed by atoms with E-state index in [9.17, 15) is 22.8 Å². The fraction of sp³-hybridized carbons (Fsp3) is 0.240. The molecule has 36 heavy (non-hydrogen) atoms. The first-order valence-corrected chi connectivity index (χ1v) is 11.3. The van der Waals surface area contributed by atoms with Crippen molar-refractivity contribution in [2.75, 3.05) is 23.3 Å². The second-order valence-corrected chi connectivity index (χ2v) is 8.49. The zero-order chi connectivity index (χ0) is 25.4. The summed E-state index contributed by atoms with van der Waals surface area (Å²) in [6.45, 7) is 3.03. The van der Waals surface area contributed by atoms with E-state index in [4.69, 9.17) is 0 Å². The van der Waals surface area contributed by atoms with Gasteiger partial charge in [0.1, 0.15) is 0 Å². The third-order valence-electron chi connectivity index (χ3n) is 5.93. The zero-order valence-corrected chi connectivity index (χ0v) is 19.2. The summed E-state index contributed by atoms with van der Waals surface area (Å²) in [6, 6.07) is 12.9. The number of aromatic nitrogens is 4. The number of benzene rings is 2. The van der Waals surface area contributed by atoms with Crippen molar-refractivity contribution >= 4 is 28.6 Å². The van der Waals surface area contributed by atoms with Crippen molar-refractivity contribution < 1.29 is 18.0 Å². The van der Waals surface area contributed by atoms with E-state index in [0.29, 0.717) is 16.9 Å². The molecule has 5 rings (SSSR count). The van der Waals surface area contributed by atoms with Gasteiger partial charge in [-0.05, 0) is 50.1 Å². The van der Waals surface area contributed by atoms with E-state index >= 15 is 0 Å². The molecular formula is C25H21F3N6O2. The van der Waals surface area contributed by atoms with E-state index in [0.717, 1.165) is 48.8 Å². The van der Waals surface area contributed by atoms with Gasteiger partial charge in [0, 0.05) is 24.8 Å². The molecule has 8 nitrogen and oxygen atoms in total. The van der Waals surface area contributed by atoms with Crippen LogP contribution < -0.4 is 15.6 Å². The molecule has 4 aromatic rings. The Morgan fingerprint density at radius 3 is 2.36 bits per heavy atom. The zero-order valence-electron chi connectivity index (χ0n) is 19.2. The molecule has 2 aromatic heterocycles. The third-order valence-corrected chi connectivity index (χ3v) is 5.93. The van der Waals surface area contributed by atoms with Crippen molar-refractivity contribution in [3.05, 3.63) is 81.8 Å². The summed E-state index contributed by atoms with van der Waals surface area (Å²) in [4.78, 5) is 37.1. The molecule has 1 fully saturated rings. The molecule has 0 atom stereocenters. The highest BCUT2D eigenvalue weighted by molar-refractivity contribution is 6.04. The number of carbonyl (C=O) groups is 1. The number of nitrogens with one attached hydrogen (secondary N) is 1. The molecule has 1 aliphatic rings. The van der Waals surface area contributed by atoms with E-state index in [-0.39, 0.29) is 17.2 Å². The first kappa shape index (κ1) is 23.5. The number of rotatable bonds is 4. The van der Waals surface area contributed by atoms with Crippen molar-refractivity contribution in [1.82, 2.24) is 19.7 Å². The molecule has 184 valence electrons. The smallest absolute Gasteiger partial charge is 0.354 e. The van der Waals surface area contributed by atoms with Crippen molar-refractivity contribution in [2.45, 2.75) is 25.9 Å². The average Bonchev–Trinajstić information content (AvgIpc) is 3.38. The molecule has 0 radical (unpaired) electrons. The molecule has 0 bridgehead atoms. The van der Waals surface area contributed by atoms with Gasteiger partial charge in [-0.1, -0.05) is 18.2 Å². The number of hydrogen-bond donors (Lipinski definition) is 1. The molecule has 1 saturated heterocycles. The van der Waals surface area contributed by atoms with Crippen LogP contribution in [0.25, 0.3) is 16.7 Å². The molecule has 0 spiro atoms. The summed E-state index contributed by atoms with van der Waals surface area (Å²) in [6.07, 6.45) is -2.60. The minimum absolute atomic E-state index is 0.0691. The topological polar surface area (TPSA) is 93.0 Å². The molecular weight excluding hydrogens is 473 g/mol. The third kappa shape index (κ3) is 4.51. The number of aryl methyl sites for hydroxylation is 1. The van der Waals surface area contributed by atoms with E-state index in [1.165, 1.54) is 19.1 Å². The number of halogens is 3. The lowest BCUT2D eigenvalue weighted by atomic mass is 10.2. The normalized spacial score (nSPS) is 13.8. The van der Waals surface area contributed by atoms with Gasteiger partial charge in [0.2, 0.25) is 5.43 Å². The van der Waals surface area contributed by atoms with Crippen molar-refractivity contribution in [1.29, 1.82) is 0 Å². The molecule has 0 aliphatic carbocycles. The minimum atomic E-state index is -4.55. The molecule has 1 amide bonds. The van der Waals surface area contributed by atoms with Gasteiger partial charge in [0.05, 0.1) is 22.3 Å². The number of amides is 1. The van der Waals surface area contributed by atoms with Crippen LogP contribution >= 0.6 is 0 Å². The SMILES string of the molecule is Cc1cc(=O)c(C(=O)Nc2nc3ccccc3nc2N2CCCC2)nn1-c1cccc(C(F)(F)F)c1. The molecule has 0 saturated carbocycles. The van der Waals surface area contributed by atoms with Crippen LogP contribution in [0.4, 0.5) is 24.8 Å². The van der Waals surface area contributed by atoms with Gasteiger partial charge in [0.25, 0.3) is 5.91 Å². The Bertz CT molecular complexity index is 1530. The van der Waals surface area contributed by atoms with E-state index in [1.54, 1.807) is 12.1 Å². The Morgan fingerprint density at radius 2 is 1.67 bits per heavy atom. The first-order valence-electron chi connectivity index (χ1n) is 11.3. The summed E-state index contributed by atoms with van der Waals surface area (Å²) in [5.41, 5.74) is -0.428. The second-order valence-electron chi connectivity index (χ2n) is 8.49. The fourth-order valence-electron chi connectivity index (χ4n) is 4.17. The van der Waals surface area contributed by atoms with Crippen LogP contribution in [-0.2, 0) is 6.18 Å². The quantitative estimate of drug-likeness (QED) is 0.453. The number of carbonyl (C=O) groups excluding carboxylic acids is 1. The highest BCUT2D eigenvalue weighted by Gasteiger charge is 2.31. The van der Waals surface area contributed by atoms with Gasteiger partial charge >= 0.3 is 6.18 Å². The number of anilines is 2.